The van der Waals surface area contributed by atoms with Crippen molar-refractivity contribution in [1.29, 1.82) is 0 Å². The Balaban J connectivity index is 0.00000201. The summed E-state index contributed by atoms with van der Waals surface area (Å²) in [5, 5.41) is 7.69. The Morgan fingerprint density at radius 1 is 1.05 bits per heavy atom. The topological polar surface area (TPSA) is 82.9 Å². The van der Waals surface area contributed by atoms with E-state index in [9.17, 15) is 9.59 Å². The molecule has 0 aliphatic carbocycles. The average molecular weight is 561 g/mol. The smallest absolute Gasteiger partial charge is 0.271 e. The summed E-state index contributed by atoms with van der Waals surface area (Å²) in [7, 11) is 6.76. The second kappa shape index (κ2) is 13.7. The van der Waals surface area contributed by atoms with Gasteiger partial charge in [0.1, 0.15) is 11.4 Å². The monoisotopic (exact) mass is 560 g/mol. The first kappa shape index (κ1) is 31.0. The van der Waals surface area contributed by atoms with Crippen LogP contribution in [-0.2, 0) is 7.05 Å². The Morgan fingerprint density at radius 3 is 2.34 bits per heavy atom. The van der Waals surface area contributed by atoms with Gasteiger partial charge in [0.25, 0.3) is 11.8 Å². The summed E-state index contributed by atoms with van der Waals surface area (Å²) in [6.07, 6.45) is 7.96. The highest BCUT2D eigenvalue weighted by atomic mass is 16.5. The Kier molecular flexibility index (Phi) is 10.4. The summed E-state index contributed by atoms with van der Waals surface area (Å²) >= 11 is 0. The molecule has 0 spiro atoms. The van der Waals surface area contributed by atoms with Crippen molar-refractivity contribution in [2.24, 2.45) is 7.05 Å². The third-order valence-electron chi connectivity index (χ3n) is 6.78. The van der Waals surface area contributed by atoms with E-state index in [-0.39, 0.29) is 19.3 Å². The van der Waals surface area contributed by atoms with Crippen LogP contribution >= 0.6 is 0 Å². The molecule has 0 bridgehead atoms. The summed E-state index contributed by atoms with van der Waals surface area (Å²) < 4.78 is 7.13. The predicted molar refractivity (Wildman–Crippen MR) is 167 cm³/mol. The van der Waals surface area contributed by atoms with Crippen LogP contribution in [0.25, 0.3) is 11.3 Å². The van der Waals surface area contributed by atoms with Gasteiger partial charge in [0, 0.05) is 70.7 Å². The molecule has 2 amide bonds. The molecular formula is C32H44N6O3. The van der Waals surface area contributed by atoms with Gasteiger partial charge in [-0.15, -0.1) is 0 Å². The molecule has 1 N–H and O–H groups in total. The molecule has 2 heterocycles. The maximum Gasteiger partial charge on any atom is 0.271 e. The van der Waals surface area contributed by atoms with Gasteiger partial charge in [0.05, 0.1) is 18.8 Å². The molecule has 220 valence electrons. The van der Waals surface area contributed by atoms with E-state index in [1.807, 2.05) is 93.8 Å². The number of amides is 2. The Bertz CT molecular complexity index is 1430. The third kappa shape index (κ3) is 7.16. The first-order valence-electron chi connectivity index (χ1n) is 13.9. The van der Waals surface area contributed by atoms with Crippen molar-refractivity contribution in [2.75, 3.05) is 32.6 Å². The Morgan fingerprint density at radius 2 is 1.73 bits per heavy atom. The van der Waals surface area contributed by atoms with Crippen molar-refractivity contribution in [3.8, 4) is 17.0 Å². The second-order valence-corrected chi connectivity index (χ2v) is 9.76. The lowest BCUT2D eigenvalue weighted by Gasteiger charge is -2.25. The normalized spacial score (nSPS) is 12.9. The summed E-state index contributed by atoms with van der Waals surface area (Å²) in [4.78, 5) is 31.5. The first-order chi connectivity index (χ1) is 19.6. The highest BCUT2D eigenvalue weighted by Crippen LogP contribution is 2.29. The molecule has 2 aromatic carbocycles. The van der Waals surface area contributed by atoms with Gasteiger partial charge in [-0.05, 0) is 68.3 Å². The van der Waals surface area contributed by atoms with Crippen LogP contribution in [0.2, 0.25) is 0 Å². The number of rotatable bonds is 8. The van der Waals surface area contributed by atoms with E-state index in [2.05, 4.69) is 22.2 Å². The third-order valence-corrected chi connectivity index (χ3v) is 6.78. The van der Waals surface area contributed by atoms with Crippen LogP contribution in [0.4, 0.5) is 5.69 Å². The highest BCUT2D eigenvalue weighted by Gasteiger charge is 2.20. The molecule has 0 fully saturated rings. The molecule has 1 atom stereocenters. The van der Waals surface area contributed by atoms with Crippen molar-refractivity contribution in [3.05, 3.63) is 89.6 Å². The number of aromatic nitrogens is 2. The van der Waals surface area contributed by atoms with Crippen molar-refractivity contribution in [3.63, 3.8) is 0 Å². The zero-order valence-electron chi connectivity index (χ0n) is 25.6. The lowest BCUT2D eigenvalue weighted by molar-refractivity contribution is 0.0816. The second-order valence-electron chi connectivity index (χ2n) is 9.76. The van der Waals surface area contributed by atoms with E-state index in [0.29, 0.717) is 22.7 Å². The van der Waals surface area contributed by atoms with Gasteiger partial charge in [0.2, 0.25) is 0 Å². The quantitative estimate of drug-likeness (QED) is 0.366. The van der Waals surface area contributed by atoms with Gasteiger partial charge in [0.15, 0.2) is 0 Å². The van der Waals surface area contributed by atoms with E-state index in [4.69, 9.17) is 4.74 Å². The number of methoxy groups -OCH3 is 1. The molecule has 1 aliphatic heterocycles. The number of carbonyl (C=O) groups excluding carboxylic acids is 2. The van der Waals surface area contributed by atoms with Crippen molar-refractivity contribution < 1.29 is 15.8 Å². The number of carbonyl (C=O) groups is 2. The van der Waals surface area contributed by atoms with Gasteiger partial charge in [-0.3, -0.25) is 14.3 Å². The van der Waals surface area contributed by atoms with Crippen LogP contribution in [-0.4, -0.2) is 59.1 Å². The van der Waals surface area contributed by atoms with Crippen molar-refractivity contribution in [1.82, 2.24) is 24.9 Å². The molecule has 3 aromatic rings. The van der Waals surface area contributed by atoms with E-state index < -0.39 is 0 Å². The van der Waals surface area contributed by atoms with Gasteiger partial charge < -0.3 is 24.8 Å². The predicted octanol–water partition coefficient (Wildman–Crippen LogP) is 5.95. The Labute approximate surface area is 245 Å². The molecule has 0 radical (unpaired) electrons. The van der Waals surface area contributed by atoms with Crippen molar-refractivity contribution >= 4 is 17.5 Å². The number of nitrogens with one attached hydrogen (secondary N) is 1. The summed E-state index contributed by atoms with van der Waals surface area (Å²) in [5.74, 6) is 0.344. The summed E-state index contributed by atoms with van der Waals surface area (Å²) in [6, 6.07) is 13.1. The fourth-order valence-corrected chi connectivity index (χ4v) is 4.35. The molecule has 9 heteroatoms. The van der Waals surface area contributed by atoms with Crippen LogP contribution in [0.1, 0.15) is 67.1 Å². The molecule has 4 rings (SSSR count). The van der Waals surface area contributed by atoms with E-state index in [0.717, 1.165) is 28.9 Å². The van der Waals surface area contributed by atoms with E-state index in [1.54, 1.807) is 39.0 Å². The summed E-state index contributed by atoms with van der Waals surface area (Å²) in [6.45, 7) is 10.8. The maximum atomic E-state index is 13.4. The number of aryl methyl sites for hydroxylation is 2. The minimum absolute atomic E-state index is 0. The number of hydrogen-bond donors (Lipinski definition) is 1. The Hall–Kier alpha value is -4.53. The van der Waals surface area contributed by atoms with Gasteiger partial charge in [-0.25, -0.2) is 0 Å². The lowest BCUT2D eigenvalue weighted by Crippen LogP contribution is -2.27. The zero-order chi connectivity index (χ0) is 30.3. The van der Waals surface area contributed by atoms with Crippen LogP contribution in [0, 0.1) is 6.92 Å². The van der Waals surface area contributed by atoms with Crippen LogP contribution in [0.5, 0.6) is 5.75 Å². The molecule has 1 aromatic heterocycles. The number of anilines is 1. The molecule has 41 heavy (non-hydrogen) atoms. The molecule has 0 saturated carbocycles. The maximum absolute atomic E-state index is 13.4. The SMILES string of the molecule is CC.CCN1C=CN(c2ccc(C)c(C(=O)NC(C)c3cc(OC)cc(-c4cc(C(=O)N(C)C)n(C)n4)c3)c2)C=C1.[HH]. The number of nitrogens with zero attached hydrogens (tertiary/aromatic N) is 5. The minimum Gasteiger partial charge on any atom is -0.497 e. The first-order valence-corrected chi connectivity index (χ1v) is 13.9. The molecule has 1 unspecified atom stereocenters. The standard InChI is InChI=1S/C30H36N6O3.C2H6.H2/c1-8-35-11-13-36(14-12-35)24-10-9-20(2)26(18-24)29(37)31-21(3)22-15-23(17-25(16-22)39-7)27-19-28(34(6)32-27)30(38)33(4)5;1-2;/h9-19,21H,8H2,1-7H3,(H,31,37);1-2H3;1H. The molecule has 9 nitrogen and oxygen atoms in total. The van der Waals surface area contributed by atoms with E-state index >= 15 is 0 Å². The number of hydrogen-bond acceptors (Lipinski definition) is 6. The lowest BCUT2D eigenvalue weighted by atomic mass is 10.0. The van der Waals surface area contributed by atoms with Gasteiger partial charge in [-0.2, -0.15) is 5.10 Å². The number of ether oxygens (including phenoxy) is 1. The highest BCUT2D eigenvalue weighted by molar-refractivity contribution is 5.97. The van der Waals surface area contributed by atoms with E-state index in [1.165, 1.54) is 4.90 Å². The average Bonchev–Trinajstić information content (AvgIpc) is 3.38. The van der Waals surface area contributed by atoms with Crippen molar-refractivity contribution in [2.45, 2.75) is 40.7 Å². The molecule has 1 aliphatic rings. The fraction of sp³-hybridized carbons (Fsp3) is 0.344. The summed E-state index contributed by atoms with van der Waals surface area (Å²) in [5.41, 5.74) is 5.19. The van der Waals surface area contributed by atoms with Gasteiger partial charge in [-0.1, -0.05) is 19.9 Å². The van der Waals surface area contributed by atoms with Crippen LogP contribution in [0.15, 0.2) is 67.3 Å². The zero-order valence-corrected chi connectivity index (χ0v) is 25.6. The molecule has 0 saturated heterocycles. The van der Waals surface area contributed by atoms with Crippen LogP contribution in [0.3, 0.4) is 0 Å². The number of benzene rings is 2. The van der Waals surface area contributed by atoms with Crippen LogP contribution < -0.4 is 15.0 Å². The molecular weight excluding hydrogens is 516 g/mol. The fourth-order valence-electron chi connectivity index (χ4n) is 4.35. The minimum atomic E-state index is -0.311. The van der Waals surface area contributed by atoms with Gasteiger partial charge >= 0.3 is 0 Å². The largest absolute Gasteiger partial charge is 0.497 e.